The van der Waals surface area contributed by atoms with E-state index in [1.54, 1.807) is 12.1 Å². The second kappa shape index (κ2) is 20.0. The number of esters is 2. The van der Waals surface area contributed by atoms with Gasteiger partial charge in [0.15, 0.2) is 0 Å². The number of carbonyl (C=O) groups excluding carboxylic acids is 4. The summed E-state index contributed by atoms with van der Waals surface area (Å²) >= 11 is 0. The van der Waals surface area contributed by atoms with E-state index in [4.69, 9.17) is 19.7 Å². The molecule has 0 amide bonds. The molecule has 2 aromatic carbocycles. The van der Waals surface area contributed by atoms with Crippen LogP contribution in [0.15, 0.2) is 48.5 Å². The van der Waals surface area contributed by atoms with Gasteiger partial charge in [-0.1, -0.05) is 36.4 Å². The third-order valence-electron chi connectivity index (χ3n) is 4.80. The SMILES string of the molecule is O=C([O-])c1ccccc1C(=O)OCCCCCO.O=C([O-])c1ccccc1C(=O)OCCCCCO.[Zn+2]. The van der Waals surface area contributed by atoms with Crippen molar-refractivity contribution in [2.24, 2.45) is 0 Å². The second-order valence-corrected chi connectivity index (χ2v) is 7.51. The molecule has 0 saturated carbocycles. The number of carbonyl (C=O) groups is 4. The van der Waals surface area contributed by atoms with Gasteiger partial charge in [-0.05, 0) is 50.7 Å². The van der Waals surface area contributed by atoms with Crippen LogP contribution in [0.5, 0.6) is 0 Å². The van der Waals surface area contributed by atoms with Gasteiger partial charge in [0.25, 0.3) is 0 Å². The molecule has 0 unspecified atom stereocenters. The van der Waals surface area contributed by atoms with Crippen LogP contribution < -0.4 is 10.2 Å². The summed E-state index contributed by atoms with van der Waals surface area (Å²) in [6.07, 6.45) is 4.11. The topological polar surface area (TPSA) is 173 Å². The molecular weight excluding hydrogens is 538 g/mol. The van der Waals surface area contributed by atoms with Crippen LogP contribution in [0.4, 0.5) is 0 Å². The first-order valence-electron chi connectivity index (χ1n) is 11.5. The molecule has 37 heavy (non-hydrogen) atoms. The monoisotopic (exact) mass is 566 g/mol. The molecule has 0 radical (unpaired) electrons. The maximum Gasteiger partial charge on any atom is 2.00 e. The van der Waals surface area contributed by atoms with E-state index in [9.17, 15) is 29.4 Å². The van der Waals surface area contributed by atoms with Crippen molar-refractivity contribution in [3.63, 3.8) is 0 Å². The van der Waals surface area contributed by atoms with E-state index in [0.29, 0.717) is 25.7 Å². The summed E-state index contributed by atoms with van der Waals surface area (Å²) in [5.41, 5.74) is -0.338. The number of unbranched alkanes of at least 4 members (excludes halogenated alkanes) is 4. The van der Waals surface area contributed by atoms with Gasteiger partial charge in [0.2, 0.25) is 0 Å². The van der Waals surface area contributed by atoms with Crippen molar-refractivity contribution in [2.75, 3.05) is 26.4 Å². The molecule has 0 atom stereocenters. The Morgan fingerprint density at radius 3 is 1.19 bits per heavy atom. The normalized spacial score (nSPS) is 9.78. The number of carboxylic acids is 2. The van der Waals surface area contributed by atoms with Crippen molar-refractivity contribution in [2.45, 2.75) is 38.5 Å². The van der Waals surface area contributed by atoms with Crippen molar-refractivity contribution >= 4 is 23.9 Å². The Kier molecular flexibility index (Phi) is 18.3. The molecule has 0 aliphatic heterocycles. The number of aromatic carboxylic acids is 2. The molecular formula is C26H30O10Zn. The minimum Gasteiger partial charge on any atom is -0.545 e. The molecule has 2 N–H and O–H groups in total. The molecule has 10 nitrogen and oxygen atoms in total. The number of aliphatic hydroxyl groups excluding tert-OH is 2. The molecule has 0 aliphatic carbocycles. The number of benzene rings is 2. The maximum absolute atomic E-state index is 11.6. The first kappa shape index (κ1) is 33.9. The van der Waals surface area contributed by atoms with Gasteiger partial charge in [-0.15, -0.1) is 0 Å². The fraction of sp³-hybridized carbons (Fsp3) is 0.385. The van der Waals surface area contributed by atoms with Crippen LogP contribution in [0.2, 0.25) is 0 Å². The number of hydrogen-bond donors (Lipinski definition) is 2. The summed E-state index contributed by atoms with van der Waals surface area (Å²) in [6.45, 7) is 0.642. The summed E-state index contributed by atoms with van der Waals surface area (Å²) in [6, 6.07) is 11.5. The molecule has 0 fully saturated rings. The van der Waals surface area contributed by atoms with Crippen LogP contribution in [0, 0.1) is 0 Å². The minimum absolute atomic E-state index is 0. The van der Waals surface area contributed by atoms with E-state index in [-0.39, 0.29) is 68.2 Å². The van der Waals surface area contributed by atoms with Crippen molar-refractivity contribution < 1.29 is 68.6 Å². The average Bonchev–Trinajstić information content (AvgIpc) is 2.88. The molecule has 0 heterocycles. The van der Waals surface area contributed by atoms with E-state index < -0.39 is 23.9 Å². The Labute approximate surface area is 228 Å². The van der Waals surface area contributed by atoms with E-state index >= 15 is 0 Å². The van der Waals surface area contributed by atoms with Crippen molar-refractivity contribution in [3.05, 3.63) is 70.8 Å². The van der Waals surface area contributed by atoms with Gasteiger partial charge in [-0.2, -0.15) is 0 Å². The summed E-state index contributed by atoms with van der Waals surface area (Å²) in [5, 5.41) is 38.7. The Morgan fingerprint density at radius 2 is 0.892 bits per heavy atom. The van der Waals surface area contributed by atoms with Gasteiger partial charge >= 0.3 is 31.4 Å². The van der Waals surface area contributed by atoms with E-state index in [2.05, 4.69) is 0 Å². The number of carboxylic acid groups (broad SMARTS) is 2. The van der Waals surface area contributed by atoms with Crippen LogP contribution in [0.1, 0.15) is 80.0 Å². The Hall–Kier alpha value is -3.14. The fourth-order valence-electron chi connectivity index (χ4n) is 2.94. The molecule has 11 heteroatoms. The van der Waals surface area contributed by atoms with Crippen LogP contribution in [0.25, 0.3) is 0 Å². The molecule has 0 aliphatic rings. The number of ether oxygens (including phenoxy) is 2. The van der Waals surface area contributed by atoms with Gasteiger partial charge in [0.05, 0.1) is 36.3 Å². The van der Waals surface area contributed by atoms with Crippen molar-refractivity contribution in [3.8, 4) is 0 Å². The average molecular weight is 568 g/mol. The van der Waals surface area contributed by atoms with Crippen molar-refractivity contribution in [1.82, 2.24) is 0 Å². The van der Waals surface area contributed by atoms with Gasteiger partial charge in [0.1, 0.15) is 0 Å². The summed E-state index contributed by atoms with van der Waals surface area (Å²) in [7, 11) is 0. The number of aliphatic hydroxyl groups is 2. The molecule has 196 valence electrons. The zero-order chi connectivity index (χ0) is 26.8. The molecule has 2 rings (SSSR count). The smallest absolute Gasteiger partial charge is 0.545 e. The zero-order valence-electron chi connectivity index (χ0n) is 20.6. The number of rotatable bonds is 14. The van der Waals surface area contributed by atoms with Crippen LogP contribution in [-0.2, 0) is 29.0 Å². The van der Waals surface area contributed by atoms with E-state index in [1.807, 2.05) is 0 Å². The van der Waals surface area contributed by atoms with Crippen molar-refractivity contribution in [1.29, 1.82) is 0 Å². The fourth-order valence-corrected chi connectivity index (χ4v) is 2.94. The quantitative estimate of drug-likeness (QED) is 0.188. The predicted molar refractivity (Wildman–Crippen MR) is 124 cm³/mol. The van der Waals surface area contributed by atoms with Crippen LogP contribution >= 0.6 is 0 Å². The van der Waals surface area contributed by atoms with E-state index in [0.717, 1.165) is 12.8 Å². The summed E-state index contributed by atoms with van der Waals surface area (Å²) < 4.78 is 9.91. The largest absolute Gasteiger partial charge is 2.00 e. The standard InChI is InChI=1S/2C13H16O5.Zn/c2*14-8-4-1-5-9-18-13(17)11-7-3-2-6-10(11)12(15)16;/h2*2-3,6-7,14H,1,4-5,8-9H2,(H,15,16);/q;;+2/p-2. The first-order chi connectivity index (χ1) is 17.3. The van der Waals surface area contributed by atoms with Crippen LogP contribution in [0.3, 0.4) is 0 Å². The minimum atomic E-state index is -1.40. The predicted octanol–water partition coefficient (Wildman–Crippen LogP) is 0.736. The third-order valence-corrected chi connectivity index (χ3v) is 4.80. The Balaban J connectivity index is 0.000000682. The summed E-state index contributed by atoms with van der Waals surface area (Å²) in [4.78, 5) is 44.9. The third kappa shape index (κ3) is 13.1. The Bertz CT molecular complexity index is 913. The Morgan fingerprint density at radius 1 is 0.568 bits per heavy atom. The first-order valence-corrected chi connectivity index (χ1v) is 11.5. The van der Waals surface area contributed by atoms with Gasteiger partial charge < -0.3 is 39.5 Å². The molecule has 0 aromatic heterocycles. The van der Waals surface area contributed by atoms with Gasteiger partial charge in [0, 0.05) is 24.3 Å². The van der Waals surface area contributed by atoms with E-state index in [1.165, 1.54) is 36.4 Å². The summed E-state index contributed by atoms with van der Waals surface area (Å²) in [5.74, 6) is -4.14. The molecule has 0 spiro atoms. The second-order valence-electron chi connectivity index (χ2n) is 7.51. The number of hydrogen-bond acceptors (Lipinski definition) is 10. The van der Waals surface area contributed by atoms with Gasteiger partial charge in [-0.3, -0.25) is 0 Å². The van der Waals surface area contributed by atoms with Gasteiger partial charge in [-0.25, -0.2) is 9.59 Å². The molecule has 2 aromatic rings. The molecule has 0 bridgehead atoms. The zero-order valence-corrected chi connectivity index (χ0v) is 23.5. The molecule has 0 saturated heterocycles. The maximum atomic E-state index is 11.6. The van der Waals surface area contributed by atoms with Crippen LogP contribution in [-0.4, -0.2) is 60.5 Å².